The van der Waals surface area contributed by atoms with E-state index in [1.54, 1.807) is 0 Å². The minimum atomic E-state index is -0.0355. The summed E-state index contributed by atoms with van der Waals surface area (Å²) in [6, 6.07) is 5.87. The van der Waals surface area contributed by atoms with E-state index in [2.05, 4.69) is 19.2 Å². The number of rotatable bonds is 4. The van der Waals surface area contributed by atoms with E-state index in [-0.39, 0.29) is 11.9 Å². The Morgan fingerprint density at radius 2 is 2.00 bits per heavy atom. The van der Waals surface area contributed by atoms with Crippen LogP contribution in [0.5, 0.6) is 0 Å². The van der Waals surface area contributed by atoms with Crippen molar-refractivity contribution in [2.24, 2.45) is 11.7 Å². The summed E-state index contributed by atoms with van der Waals surface area (Å²) in [5.41, 5.74) is 8.55. The molecule has 0 aliphatic rings. The number of aryl methyl sites for hydroxylation is 2. The summed E-state index contributed by atoms with van der Waals surface area (Å²) in [6.45, 7) is 8.55. The first-order chi connectivity index (χ1) is 7.95. The molecular formula is C14H22N2O. The highest BCUT2D eigenvalue weighted by atomic mass is 16.1. The molecule has 1 rings (SSSR count). The molecule has 3 N–H and O–H groups in total. The van der Waals surface area contributed by atoms with E-state index in [4.69, 9.17) is 5.73 Å². The Bertz CT molecular complexity index is 399. The van der Waals surface area contributed by atoms with E-state index in [1.165, 1.54) is 5.56 Å². The second kappa shape index (κ2) is 5.82. The highest BCUT2D eigenvalue weighted by molar-refractivity contribution is 5.95. The molecule has 0 aromatic heterocycles. The third-order valence-electron chi connectivity index (χ3n) is 3.00. The highest BCUT2D eigenvalue weighted by Gasteiger charge is 2.16. The normalized spacial score (nSPS) is 12.6. The van der Waals surface area contributed by atoms with Gasteiger partial charge in [0.1, 0.15) is 0 Å². The van der Waals surface area contributed by atoms with E-state index < -0.39 is 0 Å². The van der Waals surface area contributed by atoms with E-state index in [0.717, 1.165) is 11.1 Å². The highest BCUT2D eigenvalue weighted by Crippen LogP contribution is 2.11. The first-order valence-corrected chi connectivity index (χ1v) is 6.04. The summed E-state index contributed by atoms with van der Waals surface area (Å²) in [5, 5.41) is 2.98. The van der Waals surface area contributed by atoms with E-state index in [9.17, 15) is 4.79 Å². The fraction of sp³-hybridized carbons (Fsp3) is 0.500. The van der Waals surface area contributed by atoms with Crippen LogP contribution >= 0.6 is 0 Å². The molecule has 94 valence electrons. The average molecular weight is 234 g/mol. The molecule has 0 saturated heterocycles. The lowest BCUT2D eigenvalue weighted by molar-refractivity contribution is 0.0927. The molecule has 17 heavy (non-hydrogen) atoms. The molecule has 0 fully saturated rings. The lowest BCUT2D eigenvalue weighted by Crippen LogP contribution is -2.43. The Labute approximate surface area is 103 Å². The van der Waals surface area contributed by atoms with Crippen LogP contribution < -0.4 is 11.1 Å². The van der Waals surface area contributed by atoms with Gasteiger partial charge in [-0.2, -0.15) is 0 Å². The van der Waals surface area contributed by atoms with Gasteiger partial charge in [-0.3, -0.25) is 4.79 Å². The number of hydrogen-bond donors (Lipinski definition) is 2. The zero-order valence-electron chi connectivity index (χ0n) is 11.1. The minimum absolute atomic E-state index is 0.0307. The van der Waals surface area contributed by atoms with Crippen LogP contribution in [-0.4, -0.2) is 18.5 Å². The zero-order chi connectivity index (χ0) is 13.0. The van der Waals surface area contributed by atoms with Crippen molar-refractivity contribution in [1.29, 1.82) is 0 Å². The van der Waals surface area contributed by atoms with Crippen molar-refractivity contribution in [3.63, 3.8) is 0 Å². The molecule has 1 unspecified atom stereocenters. The maximum Gasteiger partial charge on any atom is 0.251 e. The Morgan fingerprint density at radius 1 is 1.35 bits per heavy atom. The van der Waals surface area contributed by atoms with Gasteiger partial charge < -0.3 is 11.1 Å². The number of benzene rings is 1. The van der Waals surface area contributed by atoms with Gasteiger partial charge in [-0.25, -0.2) is 0 Å². The fourth-order valence-corrected chi connectivity index (χ4v) is 1.81. The van der Waals surface area contributed by atoms with Crippen molar-refractivity contribution in [3.8, 4) is 0 Å². The Balaban J connectivity index is 2.82. The van der Waals surface area contributed by atoms with Crippen molar-refractivity contribution >= 4 is 5.91 Å². The first kappa shape index (κ1) is 13.7. The average Bonchev–Trinajstić information content (AvgIpc) is 2.24. The van der Waals surface area contributed by atoms with Crippen LogP contribution in [0.25, 0.3) is 0 Å². The maximum absolute atomic E-state index is 12.1. The molecule has 0 aliphatic carbocycles. The van der Waals surface area contributed by atoms with Gasteiger partial charge in [0.15, 0.2) is 0 Å². The van der Waals surface area contributed by atoms with Gasteiger partial charge in [-0.15, -0.1) is 0 Å². The topological polar surface area (TPSA) is 55.1 Å². The Morgan fingerprint density at radius 3 is 2.47 bits per heavy atom. The van der Waals surface area contributed by atoms with Gasteiger partial charge >= 0.3 is 0 Å². The molecule has 1 aromatic rings. The molecule has 3 heteroatoms. The van der Waals surface area contributed by atoms with Crippen LogP contribution in [0.1, 0.15) is 35.3 Å². The number of nitrogens with one attached hydrogen (secondary N) is 1. The van der Waals surface area contributed by atoms with Crippen LogP contribution in [0.3, 0.4) is 0 Å². The number of nitrogens with two attached hydrogens (primary N) is 1. The van der Waals surface area contributed by atoms with Crippen molar-refractivity contribution in [2.75, 3.05) is 6.54 Å². The quantitative estimate of drug-likeness (QED) is 0.837. The molecule has 1 amide bonds. The van der Waals surface area contributed by atoms with Gasteiger partial charge in [-0.05, 0) is 31.4 Å². The minimum Gasteiger partial charge on any atom is -0.348 e. The summed E-state index contributed by atoms with van der Waals surface area (Å²) in [7, 11) is 0. The van der Waals surface area contributed by atoms with Crippen molar-refractivity contribution in [1.82, 2.24) is 5.32 Å². The smallest absolute Gasteiger partial charge is 0.251 e. The first-order valence-electron chi connectivity index (χ1n) is 6.04. The van der Waals surface area contributed by atoms with E-state index in [1.807, 2.05) is 32.0 Å². The molecule has 0 bridgehead atoms. The molecule has 0 radical (unpaired) electrons. The van der Waals surface area contributed by atoms with Crippen LogP contribution in [-0.2, 0) is 0 Å². The lowest BCUT2D eigenvalue weighted by atomic mass is 10.0. The second-order valence-electron chi connectivity index (χ2n) is 4.88. The third kappa shape index (κ3) is 3.56. The van der Waals surface area contributed by atoms with Crippen LogP contribution in [0.4, 0.5) is 0 Å². The van der Waals surface area contributed by atoms with Crippen molar-refractivity contribution < 1.29 is 4.79 Å². The van der Waals surface area contributed by atoms with Gasteiger partial charge in [0.05, 0.1) is 0 Å². The van der Waals surface area contributed by atoms with E-state index >= 15 is 0 Å². The summed E-state index contributed by atoms with van der Waals surface area (Å²) in [5.74, 6) is 0.307. The van der Waals surface area contributed by atoms with E-state index in [0.29, 0.717) is 12.5 Å². The van der Waals surface area contributed by atoms with Crippen LogP contribution in [0.15, 0.2) is 18.2 Å². The van der Waals surface area contributed by atoms with Crippen molar-refractivity contribution in [2.45, 2.75) is 33.7 Å². The largest absolute Gasteiger partial charge is 0.348 e. The van der Waals surface area contributed by atoms with Gasteiger partial charge in [-0.1, -0.05) is 31.5 Å². The lowest BCUT2D eigenvalue weighted by Gasteiger charge is -2.21. The van der Waals surface area contributed by atoms with Gasteiger partial charge in [0, 0.05) is 18.2 Å². The standard InChI is InChI=1S/C14H22N2O/c1-9(2)13(8-15)16-14(17)12-6-5-10(3)7-11(12)4/h5-7,9,13H,8,15H2,1-4H3,(H,16,17). The Kier molecular flexibility index (Phi) is 4.70. The fourth-order valence-electron chi connectivity index (χ4n) is 1.81. The number of amides is 1. The molecule has 0 spiro atoms. The number of hydrogen-bond acceptors (Lipinski definition) is 2. The zero-order valence-corrected chi connectivity index (χ0v) is 11.1. The summed E-state index contributed by atoms with van der Waals surface area (Å²) >= 11 is 0. The third-order valence-corrected chi connectivity index (χ3v) is 3.00. The molecule has 0 aliphatic heterocycles. The maximum atomic E-state index is 12.1. The molecule has 0 heterocycles. The SMILES string of the molecule is Cc1ccc(C(=O)NC(CN)C(C)C)c(C)c1. The second-order valence-corrected chi connectivity index (χ2v) is 4.88. The van der Waals surface area contributed by atoms with Crippen LogP contribution in [0.2, 0.25) is 0 Å². The molecule has 1 aromatic carbocycles. The molecular weight excluding hydrogens is 212 g/mol. The molecule has 1 atom stereocenters. The summed E-state index contributed by atoms with van der Waals surface area (Å²) in [6.07, 6.45) is 0. The number of carbonyl (C=O) groups is 1. The number of carbonyl (C=O) groups excluding carboxylic acids is 1. The molecule has 3 nitrogen and oxygen atoms in total. The van der Waals surface area contributed by atoms with Crippen molar-refractivity contribution in [3.05, 3.63) is 34.9 Å². The Hall–Kier alpha value is -1.35. The predicted octanol–water partition coefficient (Wildman–Crippen LogP) is 2.02. The molecule has 0 saturated carbocycles. The monoisotopic (exact) mass is 234 g/mol. The summed E-state index contributed by atoms with van der Waals surface area (Å²) in [4.78, 5) is 12.1. The predicted molar refractivity (Wildman–Crippen MR) is 71.1 cm³/mol. The van der Waals surface area contributed by atoms with Gasteiger partial charge in [0.2, 0.25) is 0 Å². The summed E-state index contributed by atoms with van der Waals surface area (Å²) < 4.78 is 0. The van der Waals surface area contributed by atoms with Crippen LogP contribution in [0, 0.1) is 19.8 Å². The van der Waals surface area contributed by atoms with Gasteiger partial charge in [0.25, 0.3) is 5.91 Å².